The number of rotatable bonds is 5. The zero-order valence-electron chi connectivity index (χ0n) is 13.7. The summed E-state index contributed by atoms with van der Waals surface area (Å²) in [5.41, 5.74) is 4.41. The number of benzene rings is 2. The number of carbonyl (C=O) groups is 1. The van der Waals surface area contributed by atoms with Gasteiger partial charge >= 0.3 is 0 Å². The number of anilines is 1. The molecule has 1 aliphatic heterocycles. The lowest BCUT2D eigenvalue weighted by Crippen LogP contribution is -2.47. The summed E-state index contributed by atoms with van der Waals surface area (Å²) in [4.78, 5) is 16.1. The van der Waals surface area contributed by atoms with Crippen LogP contribution in [-0.2, 0) is 21.2 Å². The minimum Gasteiger partial charge on any atom is -0.362 e. The highest BCUT2D eigenvalue weighted by Crippen LogP contribution is 2.26. The smallest absolute Gasteiger partial charge is 0.257 e. The Balaban J connectivity index is 1.64. The summed E-state index contributed by atoms with van der Waals surface area (Å²) in [5, 5.41) is 0.378. The van der Waals surface area contributed by atoms with Gasteiger partial charge in [-0.15, -0.1) is 4.83 Å². The molecule has 0 saturated heterocycles. The first kappa shape index (κ1) is 19.0. The molecule has 1 aliphatic rings. The summed E-state index contributed by atoms with van der Waals surface area (Å²) in [5.74, 6) is -0.460. The average Bonchev–Trinajstić information content (AvgIpc) is 2.60. The Morgan fingerprint density at radius 1 is 1.12 bits per heavy atom. The van der Waals surface area contributed by atoms with Crippen LogP contribution in [0, 0.1) is 0 Å². The van der Waals surface area contributed by atoms with Crippen LogP contribution >= 0.6 is 23.2 Å². The van der Waals surface area contributed by atoms with Gasteiger partial charge < -0.3 is 4.90 Å². The van der Waals surface area contributed by atoms with E-state index in [9.17, 15) is 13.2 Å². The molecular formula is C17H17Cl2N3O3S. The minimum atomic E-state index is -3.97. The second-order valence-corrected chi connectivity index (χ2v) is 8.47. The SMILES string of the molecule is O=C(CN1CCCc2ccccc21)NNS(=O)(=O)c1cc(Cl)cc(Cl)c1. The molecule has 2 aromatic rings. The Hall–Kier alpha value is -1.80. The molecule has 6 nitrogen and oxygen atoms in total. The van der Waals surface area contributed by atoms with Crippen molar-refractivity contribution < 1.29 is 13.2 Å². The van der Waals surface area contributed by atoms with Gasteiger partial charge in [-0.1, -0.05) is 41.4 Å². The summed E-state index contributed by atoms with van der Waals surface area (Å²) >= 11 is 11.6. The molecule has 0 aliphatic carbocycles. The van der Waals surface area contributed by atoms with Gasteiger partial charge in [0.1, 0.15) is 0 Å². The number of halogens is 2. The molecule has 0 unspecified atom stereocenters. The van der Waals surface area contributed by atoms with Gasteiger partial charge in [0.2, 0.25) is 0 Å². The first-order valence-electron chi connectivity index (χ1n) is 7.95. The third kappa shape index (κ3) is 4.48. The number of sulfonamides is 1. The Morgan fingerprint density at radius 2 is 1.81 bits per heavy atom. The third-order valence-corrected chi connectivity index (χ3v) is 5.68. The molecule has 0 fully saturated rings. The fourth-order valence-corrected chi connectivity index (χ4v) is 4.44. The standard InChI is InChI=1S/C17H17Cl2N3O3S/c18-13-8-14(19)10-15(9-13)26(24,25)21-20-17(23)11-22-7-3-5-12-4-1-2-6-16(12)22/h1-2,4,6,8-10,21H,3,5,7,11H2,(H,20,23). The monoisotopic (exact) mass is 413 g/mol. The van der Waals surface area contributed by atoms with Crippen LogP contribution in [0.25, 0.3) is 0 Å². The lowest BCUT2D eigenvalue weighted by Gasteiger charge is -2.30. The van der Waals surface area contributed by atoms with Gasteiger partial charge in [0.05, 0.1) is 11.4 Å². The van der Waals surface area contributed by atoms with E-state index >= 15 is 0 Å². The molecule has 2 N–H and O–H groups in total. The molecular weight excluding hydrogens is 397 g/mol. The van der Waals surface area contributed by atoms with Gasteiger partial charge in [-0.05, 0) is 42.7 Å². The Kier molecular flexibility index (Phi) is 5.72. The van der Waals surface area contributed by atoms with Crippen LogP contribution in [0.3, 0.4) is 0 Å². The summed E-state index contributed by atoms with van der Waals surface area (Å²) in [6, 6.07) is 11.8. The van der Waals surface area contributed by atoms with Gasteiger partial charge in [-0.25, -0.2) is 8.42 Å². The molecule has 1 heterocycles. The van der Waals surface area contributed by atoms with Crippen LogP contribution in [0.15, 0.2) is 47.4 Å². The maximum atomic E-state index is 12.3. The Morgan fingerprint density at radius 3 is 2.54 bits per heavy atom. The molecule has 3 rings (SSSR count). The van der Waals surface area contributed by atoms with Crippen molar-refractivity contribution in [2.75, 3.05) is 18.0 Å². The highest BCUT2D eigenvalue weighted by atomic mass is 35.5. The fraction of sp³-hybridized carbons (Fsp3) is 0.235. The van der Waals surface area contributed by atoms with Crippen LogP contribution in [0.1, 0.15) is 12.0 Å². The largest absolute Gasteiger partial charge is 0.362 e. The molecule has 0 atom stereocenters. The van der Waals surface area contributed by atoms with Crippen molar-refractivity contribution in [2.24, 2.45) is 0 Å². The normalized spacial score (nSPS) is 14.0. The fourth-order valence-electron chi connectivity index (χ4n) is 2.86. The van der Waals surface area contributed by atoms with Crippen LogP contribution in [-0.4, -0.2) is 27.4 Å². The van der Waals surface area contributed by atoms with Crippen molar-refractivity contribution >= 4 is 44.8 Å². The Labute approximate surface area is 162 Å². The van der Waals surface area contributed by atoms with Crippen molar-refractivity contribution in [3.05, 3.63) is 58.1 Å². The van der Waals surface area contributed by atoms with Crippen molar-refractivity contribution in [3.8, 4) is 0 Å². The second-order valence-electron chi connectivity index (χ2n) is 5.91. The van der Waals surface area contributed by atoms with E-state index in [1.165, 1.54) is 23.8 Å². The Bertz CT molecular complexity index is 914. The predicted octanol–water partition coefficient (Wildman–Crippen LogP) is 2.76. The molecule has 0 bridgehead atoms. The van der Waals surface area contributed by atoms with Gasteiger partial charge in [-0.3, -0.25) is 10.2 Å². The van der Waals surface area contributed by atoms with E-state index in [4.69, 9.17) is 23.2 Å². The highest BCUT2D eigenvalue weighted by molar-refractivity contribution is 7.89. The number of amides is 1. The summed E-state index contributed by atoms with van der Waals surface area (Å²) in [6.07, 6.45) is 1.91. The van der Waals surface area contributed by atoms with E-state index < -0.39 is 15.9 Å². The molecule has 2 aromatic carbocycles. The summed E-state index contributed by atoms with van der Waals surface area (Å²) < 4.78 is 24.5. The molecule has 26 heavy (non-hydrogen) atoms. The lowest BCUT2D eigenvalue weighted by atomic mass is 10.0. The molecule has 0 saturated carbocycles. The maximum absolute atomic E-state index is 12.3. The van der Waals surface area contributed by atoms with Crippen molar-refractivity contribution in [2.45, 2.75) is 17.7 Å². The van der Waals surface area contributed by atoms with Crippen LogP contribution in [0.2, 0.25) is 10.0 Å². The number of nitrogens with one attached hydrogen (secondary N) is 2. The maximum Gasteiger partial charge on any atom is 0.257 e. The van der Waals surface area contributed by atoms with Gasteiger partial charge in [0.15, 0.2) is 0 Å². The van der Waals surface area contributed by atoms with Gasteiger partial charge in [-0.2, -0.15) is 0 Å². The number of carbonyl (C=O) groups excluding carboxylic acids is 1. The van der Waals surface area contributed by atoms with Crippen LogP contribution in [0.4, 0.5) is 5.69 Å². The zero-order valence-corrected chi connectivity index (χ0v) is 16.0. The van der Waals surface area contributed by atoms with Crippen molar-refractivity contribution in [1.29, 1.82) is 0 Å². The predicted molar refractivity (Wildman–Crippen MR) is 102 cm³/mol. The molecule has 9 heteroatoms. The average molecular weight is 414 g/mol. The van der Waals surface area contributed by atoms with Gasteiger partial charge in [0.25, 0.3) is 15.9 Å². The molecule has 0 radical (unpaired) electrons. The van der Waals surface area contributed by atoms with Gasteiger partial charge in [0, 0.05) is 22.3 Å². The number of hydrogen-bond donors (Lipinski definition) is 2. The number of nitrogens with zero attached hydrogens (tertiary/aromatic N) is 1. The third-order valence-electron chi connectivity index (χ3n) is 4.01. The van der Waals surface area contributed by atoms with Crippen LogP contribution < -0.4 is 15.2 Å². The number of hydrogen-bond acceptors (Lipinski definition) is 4. The molecule has 0 aromatic heterocycles. The number of aryl methyl sites for hydroxylation is 1. The first-order valence-corrected chi connectivity index (χ1v) is 10.2. The summed E-state index contributed by atoms with van der Waals surface area (Å²) in [6.45, 7) is 0.789. The van der Waals surface area contributed by atoms with E-state index in [1.54, 1.807) is 0 Å². The summed E-state index contributed by atoms with van der Waals surface area (Å²) in [7, 11) is -3.97. The van der Waals surface area contributed by atoms with Crippen molar-refractivity contribution in [1.82, 2.24) is 10.3 Å². The topological polar surface area (TPSA) is 78.5 Å². The first-order chi connectivity index (χ1) is 12.3. The minimum absolute atomic E-state index is 0.0514. The van der Waals surface area contributed by atoms with Crippen LogP contribution in [0.5, 0.6) is 0 Å². The van der Waals surface area contributed by atoms with E-state index in [-0.39, 0.29) is 21.5 Å². The van der Waals surface area contributed by atoms with E-state index in [1.807, 2.05) is 29.2 Å². The number of fused-ring (bicyclic) bond motifs is 1. The molecule has 138 valence electrons. The second kappa shape index (κ2) is 7.84. The van der Waals surface area contributed by atoms with E-state index in [2.05, 4.69) is 10.3 Å². The molecule has 1 amide bonds. The quantitative estimate of drug-likeness (QED) is 0.738. The highest BCUT2D eigenvalue weighted by Gasteiger charge is 2.20. The van der Waals surface area contributed by atoms with E-state index in [0.29, 0.717) is 0 Å². The zero-order chi connectivity index (χ0) is 18.7. The molecule has 0 spiro atoms. The van der Waals surface area contributed by atoms with Crippen molar-refractivity contribution in [3.63, 3.8) is 0 Å². The number of para-hydroxylation sites is 1. The number of hydrazine groups is 1. The lowest BCUT2D eigenvalue weighted by molar-refractivity contribution is -0.120. The van der Waals surface area contributed by atoms with E-state index in [0.717, 1.165) is 25.1 Å².